The van der Waals surface area contributed by atoms with Crippen LogP contribution in [0.5, 0.6) is 0 Å². The first kappa shape index (κ1) is 8.18. The third-order valence-corrected chi connectivity index (χ3v) is 2.65. The minimum absolute atomic E-state index is 0.654. The molecule has 8 heavy (non-hydrogen) atoms. The molecule has 1 nitrogen and oxygen atoms in total. The van der Waals surface area contributed by atoms with Gasteiger partial charge in [-0.3, -0.25) is 0 Å². The van der Waals surface area contributed by atoms with Crippen LogP contribution in [0.4, 0.5) is 0 Å². The summed E-state index contributed by atoms with van der Waals surface area (Å²) >= 11 is 0. The zero-order valence-corrected chi connectivity index (χ0v) is 7.27. The van der Waals surface area contributed by atoms with E-state index in [9.17, 15) is 0 Å². The lowest BCUT2D eigenvalue weighted by Gasteiger charge is -2.04. The summed E-state index contributed by atoms with van der Waals surface area (Å²) in [5.74, 6) is 0.775. The average molecular weight is 132 g/mol. The van der Waals surface area contributed by atoms with Gasteiger partial charge in [-0.25, -0.2) is 0 Å². The first-order chi connectivity index (χ1) is 3.81. The summed E-state index contributed by atoms with van der Waals surface area (Å²) in [6.45, 7) is 4.40. The van der Waals surface area contributed by atoms with Crippen LogP contribution < -0.4 is 0 Å². The number of hydrogen-bond donors (Lipinski definition) is 1. The summed E-state index contributed by atoms with van der Waals surface area (Å²) < 4.78 is 0. The van der Waals surface area contributed by atoms with Crippen LogP contribution in [0.2, 0.25) is 6.04 Å². The molecule has 1 N–H and O–H groups in total. The summed E-state index contributed by atoms with van der Waals surface area (Å²) in [7, 11) is -0.654. The van der Waals surface area contributed by atoms with Gasteiger partial charge in [-0.2, -0.15) is 0 Å². The summed E-state index contributed by atoms with van der Waals surface area (Å²) in [4.78, 5) is 8.60. The largest absolute Gasteiger partial charge is 0.438 e. The Bertz CT molecular complexity index is 41.8. The lowest BCUT2D eigenvalue weighted by atomic mass is 10.1. The molecule has 0 heterocycles. The average Bonchev–Trinajstić information content (AvgIpc) is 1.68. The third kappa shape index (κ3) is 4.34. The van der Waals surface area contributed by atoms with Crippen LogP contribution in [0.15, 0.2) is 0 Å². The molecule has 2 heteroatoms. The second-order valence-corrected chi connectivity index (χ2v) is 3.43. The van der Waals surface area contributed by atoms with E-state index >= 15 is 0 Å². The molecule has 0 aliphatic carbocycles. The summed E-state index contributed by atoms with van der Waals surface area (Å²) in [5, 5.41) is 0. The van der Waals surface area contributed by atoms with Crippen molar-refractivity contribution in [3.8, 4) is 0 Å². The molecule has 0 aliphatic rings. The van der Waals surface area contributed by atoms with Crippen LogP contribution in [0.25, 0.3) is 0 Å². The van der Waals surface area contributed by atoms with E-state index in [4.69, 9.17) is 4.80 Å². The molecular weight excluding hydrogens is 116 g/mol. The molecular formula is C6H16OSi. The first-order valence-corrected chi connectivity index (χ1v) is 5.05. The van der Waals surface area contributed by atoms with Gasteiger partial charge in [0.05, 0.1) is 0 Å². The van der Waals surface area contributed by atoms with E-state index < -0.39 is 9.76 Å². The molecule has 0 aromatic rings. The maximum Gasteiger partial charge on any atom is 0.157 e. The molecule has 0 fully saturated rings. The van der Waals surface area contributed by atoms with Crippen molar-refractivity contribution in [3.05, 3.63) is 0 Å². The van der Waals surface area contributed by atoms with Crippen molar-refractivity contribution in [2.45, 2.75) is 32.7 Å². The van der Waals surface area contributed by atoms with E-state index in [1.54, 1.807) is 0 Å². The van der Waals surface area contributed by atoms with Crippen LogP contribution in [0.1, 0.15) is 26.7 Å². The minimum atomic E-state index is -0.654. The van der Waals surface area contributed by atoms with E-state index in [1.165, 1.54) is 12.8 Å². The Labute approximate surface area is 54.1 Å². The Balaban J connectivity index is 2.92. The maximum atomic E-state index is 8.60. The second-order valence-electron chi connectivity index (χ2n) is 2.41. The van der Waals surface area contributed by atoms with Gasteiger partial charge in [-0.1, -0.05) is 26.7 Å². The molecule has 0 radical (unpaired) electrons. The Morgan fingerprint density at radius 3 is 2.62 bits per heavy atom. The van der Waals surface area contributed by atoms with Crippen molar-refractivity contribution in [2.75, 3.05) is 0 Å². The van der Waals surface area contributed by atoms with Gasteiger partial charge in [0, 0.05) is 0 Å². The molecule has 0 saturated carbocycles. The van der Waals surface area contributed by atoms with Gasteiger partial charge in [0.15, 0.2) is 9.76 Å². The van der Waals surface area contributed by atoms with E-state index in [-0.39, 0.29) is 0 Å². The molecule has 0 bridgehead atoms. The van der Waals surface area contributed by atoms with Gasteiger partial charge in [0.25, 0.3) is 0 Å². The van der Waals surface area contributed by atoms with Crippen LogP contribution >= 0.6 is 0 Å². The zero-order valence-electron chi connectivity index (χ0n) is 5.85. The van der Waals surface area contributed by atoms with Crippen molar-refractivity contribution in [1.82, 2.24) is 0 Å². The predicted molar refractivity (Wildman–Crippen MR) is 39.6 cm³/mol. The SMILES string of the molecule is CCCC(C)C[SiH2]O. The van der Waals surface area contributed by atoms with Crippen molar-refractivity contribution < 1.29 is 4.80 Å². The highest BCUT2D eigenvalue weighted by Crippen LogP contribution is 2.08. The highest BCUT2D eigenvalue weighted by atomic mass is 28.2. The lowest BCUT2D eigenvalue weighted by Crippen LogP contribution is -1.97. The summed E-state index contributed by atoms with van der Waals surface area (Å²) in [5.41, 5.74) is 0. The van der Waals surface area contributed by atoms with Crippen molar-refractivity contribution in [3.63, 3.8) is 0 Å². The molecule has 50 valence electrons. The molecule has 0 spiro atoms. The number of hydrogen-bond acceptors (Lipinski definition) is 1. The molecule has 0 aromatic carbocycles. The minimum Gasteiger partial charge on any atom is -0.438 e. The number of rotatable bonds is 4. The molecule has 0 aromatic heterocycles. The van der Waals surface area contributed by atoms with Crippen LogP contribution in [-0.4, -0.2) is 14.6 Å². The van der Waals surface area contributed by atoms with E-state index in [0.29, 0.717) is 0 Å². The standard InChI is InChI=1S/C6H16OSi/c1-3-4-6(2)5-8-7/h6-7H,3-5,8H2,1-2H3. The second kappa shape index (κ2) is 5.32. The molecule has 0 amide bonds. The Hall–Kier alpha value is 0.177. The van der Waals surface area contributed by atoms with E-state index in [2.05, 4.69) is 13.8 Å². The Morgan fingerprint density at radius 2 is 2.25 bits per heavy atom. The van der Waals surface area contributed by atoms with Gasteiger partial charge in [-0.05, 0) is 12.0 Å². The maximum absolute atomic E-state index is 8.60. The highest BCUT2D eigenvalue weighted by Gasteiger charge is 1.97. The van der Waals surface area contributed by atoms with Gasteiger partial charge in [-0.15, -0.1) is 0 Å². The van der Waals surface area contributed by atoms with Crippen LogP contribution in [0, 0.1) is 5.92 Å². The van der Waals surface area contributed by atoms with Gasteiger partial charge in [0.2, 0.25) is 0 Å². The monoisotopic (exact) mass is 132 g/mol. The zero-order chi connectivity index (χ0) is 6.41. The normalized spacial score (nSPS) is 15.4. The summed E-state index contributed by atoms with van der Waals surface area (Å²) in [6, 6.07) is 1.10. The van der Waals surface area contributed by atoms with E-state index in [0.717, 1.165) is 12.0 Å². The highest BCUT2D eigenvalue weighted by molar-refractivity contribution is 6.25. The quantitative estimate of drug-likeness (QED) is 0.564. The van der Waals surface area contributed by atoms with Crippen LogP contribution in [0.3, 0.4) is 0 Å². The Morgan fingerprint density at radius 1 is 1.62 bits per heavy atom. The fraction of sp³-hybridized carbons (Fsp3) is 1.00. The fourth-order valence-corrected chi connectivity index (χ4v) is 1.59. The van der Waals surface area contributed by atoms with Gasteiger partial charge < -0.3 is 4.80 Å². The molecule has 1 unspecified atom stereocenters. The lowest BCUT2D eigenvalue weighted by molar-refractivity contribution is 0.531. The molecule has 0 rings (SSSR count). The molecule has 0 saturated heterocycles. The first-order valence-electron chi connectivity index (χ1n) is 3.42. The van der Waals surface area contributed by atoms with Crippen molar-refractivity contribution >= 4 is 9.76 Å². The smallest absolute Gasteiger partial charge is 0.157 e. The van der Waals surface area contributed by atoms with E-state index in [1.807, 2.05) is 0 Å². The molecule has 0 aliphatic heterocycles. The molecule has 1 atom stereocenters. The van der Waals surface area contributed by atoms with Gasteiger partial charge >= 0.3 is 0 Å². The topological polar surface area (TPSA) is 20.2 Å². The third-order valence-electron chi connectivity index (χ3n) is 1.40. The van der Waals surface area contributed by atoms with Crippen molar-refractivity contribution in [1.29, 1.82) is 0 Å². The van der Waals surface area contributed by atoms with Crippen molar-refractivity contribution in [2.24, 2.45) is 5.92 Å². The van der Waals surface area contributed by atoms with Gasteiger partial charge in [0.1, 0.15) is 0 Å². The predicted octanol–water partition coefficient (Wildman–Crippen LogP) is 0.917. The Kier molecular flexibility index (Phi) is 5.43. The van der Waals surface area contributed by atoms with Crippen LogP contribution in [-0.2, 0) is 0 Å². The summed E-state index contributed by atoms with van der Waals surface area (Å²) in [6.07, 6.45) is 2.54. The fourth-order valence-electron chi connectivity index (χ4n) is 0.858.